The minimum absolute atomic E-state index is 0.0222. The molecular formula is C22H28N2O4. The molecule has 0 bridgehead atoms. The van der Waals surface area contributed by atoms with Crippen molar-refractivity contribution in [3.8, 4) is 22.8 Å². The van der Waals surface area contributed by atoms with Crippen LogP contribution < -0.4 is 20.3 Å². The fraction of sp³-hybridized carbons (Fsp3) is 0.500. The summed E-state index contributed by atoms with van der Waals surface area (Å²) in [5, 5.41) is 3.44. The van der Waals surface area contributed by atoms with Crippen molar-refractivity contribution in [3.05, 3.63) is 39.7 Å². The fourth-order valence-corrected chi connectivity index (χ4v) is 4.22. The molecule has 4 rings (SSSR count). The van der Waals surface area contributed by atoms with Gasteiger partial charge in [-0.1, -0.05) is 0 Å². The summed E-state index contributed by atoms with van der Waals surface area (Å²) >= 11 is 0. The monoisotopic (exact) mass is 384 g/mol. The zero-order chi connectivity index (χ0) is 19.7. The maximum absolute atomic E-state index is 12.8. The quantitative estimate of drug-likeness (QED) is 0.827. The van der Waals surface area contributed by atoms with Gasteiger partial charge in [-0.2, -0.15) is 0 Å². The molecule has 1 atom stereocenters. The lowest BCUT2D eigenvalue weighted by Gasteiger charge is -2.26. The second-order valence-corrected chi connectivity index (χ2v) is 7.38. The standard InChI is InChI=1S/C22H28N2O4/c1-4-27-20-10-15-7-8-24-21(25)12-18(23-13-16-6-5-9-28-16)14(2)22(24)17(15)11-19(20)26-3/h10-12,16,23H,4-9,13H2,1-3H3. The molecule has 1 aromatic carbocycles. The van der Waals surface area contributed by atoms with E-state index in [9.17, 15) is 4.79 Å². The molecule has 2 aliphatic heterocycles. The van der Waals surface area contributed by atoms with Crippen LogP contribution in [0.2, 0.25) is 0 Å². The summed E-state index contributed by atoms with van der Waals surface area (Å²) in [4.78, 5) is 12.8. The Morgan fingerprint density at radius 1 is 1.29 bits per heavy atom. The third kappa shape index (κ3) is 3.37. The normalized spacial score (nSPS) is 17.8. The molecule has 0 saturated carbocycles. The zero-order valence-corrected chi connectivity index (χ0v) is 16.8. The van der Waals surface area contributed by atoms with Crippen molar-refractivity contribution >= 4 is 5.69 Å². The van der Waals surface area contributed by atoms with Crippen LogP contribution in [0.5, 0.6) is 11.5 Å². The molecule has 3 heterocycles. The molecule has 1 saturated heterocycles. The summed E-state index contributed by atoms with van der Waals surface area (Å²) in [6.45, 7) is 6.84. The highest BCUT2D eigenvalue weighted by molar-refractivity contribution is 5.76. The Hall–Kier alpha value is -2.47. The SMILES string of the molecule is CCOc1cc2c(cc1OC)-c1c(C)c(NCC3CCCO3)cc(=O)n1CC2. The van der Waals surface area contributed by atoms with E-state index in [2.05, 4.69) is 18.3 Å². The van der Waals surface area contributed by atoms with Crippen LogP contribution in [0.25, 0.3) is 11.3 Å². The first kappa shape index (κ1) is 18.9. The average Bonchev–Trinajstić information content (AvgIpc) is 3.22. The molecule has 6 nitrogen and oxygen atoms in total. The molecule has 0 spiro atoms. The van der Waals surface area contributed by atoms with E-state index in [1.807, 2.05) is 17.6 Å². The first-order chi connectivity index (χ1) is 13.6. The van der Waals surface area contributed by atoms with Gasteiger partial charge in [0.25, 0.3) is 5.56 Å². The van der Waals surface area contributed by atoms with Gasteiger partial charge in [0.2, 0.25) is 0 Å². The number of methoxy groups -OCH3 is 1. The molecule has 0 aliphatic carbocycles. The van der Waals surface area contributed by atoms with Gasteiger partial charge in [0.1, 0.15) is 0 Å². The average molecular weight is 384 g/mol. The number of rotatable bonds is 6. The minimum atomic E-state index is 0.0222. The molecular weight excluding hydrogens is 356 g/mol. The highest BCUT2D eigenvalue weighted by Crippen LogP contribution is 2.40. The maximum Gasteiger partial charge on any atom is 0.253 e. The summed E-state index contributed by atoms with van der Waals surface area (Å²) in [5.41, 5.74) is 5.17. The molecule has 1 aromatic heterocycles. The third-order valence-corrected chi connectivity index (χ3v) is 5.66. The Balaban J connectivity index is 1.76. The molecule has 1 N–H and O–H groups in total. The molecule has 1 fully saturated rings. The van der Waals surface area contributed by atoms with Gasteiger partial charge in [0.15, 0.2) is 11.5 Å². The van der Waals surface area contributed by atoms with E-state index in [1.54, 1.807) is 13.2 Å². The maximum atomic E-state index is 12.8. The first-order valence-electron chi connectivity index (χ1n) is 10.1. The second kappa shape index (κ2) is 7.87. The topological polar surface area (TPSA) is 61.7 Å². The van der Waals surface area contributed by atoms with Crippen molar-refractivity contribution in [2.45, 2.75) is 45.8 Å². The number of nitrogens with one attached hydrogen (secondary N) is 1. The molecule has 2 aliphatic rings. The number of anilines is 1. The summed E-state index contributed by atoms with van der Waals surface area (Å²) in [6, 6.07) is 5.77. The lowest BCUT2D eigenvalue weighted by Crippen LogP contribution is -2.28. The number of pyridine rings is 1. The lowest BCUT2D eigenvalue weighted by atomic mass is 9.93. The Bertz CT molecular complexity index is 929. The van der Waals surface area contributed by atoms with Crippen molar-refractivity contribution in [2.75, 3.05) is 32.2 Å². The van der Waals surface area contributed by atoms with E-state index in [4.69, 9.17) is 14.2 Å². The van der Waals surface area contributed by atoms with Crippen LogP contribution in [0.3, 0.4) is 0 Å². The third-order valence-electron chi connectivity index (χ3n) is 5.66. The Morgan fingerprint density at radius 2 is 2.14 bits per heavy atom. The van der Waals surface area contributed by atoms with E-state index < -0.39 is 0 Å². The molecule has 1 unspecified atom stereocenters. The predicted octanol–water partition coefficient (Wildman–Crippen LogP) is 3.38. The lowest BCUT2D eigenvalue weighted by molar-refractivity contribution is 0.120. The Kier molecular flexibility index (Phi) is 5.31. The number of aromatic nitrogens is 1. The zero-order valence-electron chi connectivity index (χ0n) is 16.8. The van der Waals surface area contributed by atoms with E-state index in [0.29, 0.717) is 18.9 Å². The van der Waals surface area contributed by atoms with Crippen molar-refractivity contribution in [3.63, 3.8) is 0 Å². The van der Waals surface area contributed by atoms with E-state index in [1.165, 1.54) is 5.56 Å². The van der Waals surface area contributed by atoms with Crippen LogP contribution in [0.15, 0.2) is 23.0 Å². The van der Waals surface area contributed by atoms with Gasteiger partial charge in [-0.05, 0) is 56.4 Å². The van der Waals surface area contributed by atoms with Gasteiger partial charge in [0, 0.05) is 37.0 Å². The smallest absolute Gasteiger partial charge is 0.253 e. The van der Waals surface area contributed by atoms with Crippen LogP contribution in [0, 0.1) is 6.92 Å². The molecule has 28 heavy (non-hydrogen) atoms. The highest BCUT2D eigenvalue weighted by atomic mass is 16.5. The number of fused-ring (bicyclic) bond motifs is 3. The summed E-state index contributed by atoms with van der Waals surface area (Å²) in [6.07, 6.45) is 3.19. The minimum Gasteiger partial charge on any atom is -0.493 e. The molecule has 6 heteroatoms. The number of aryl methyl sites for hydroxylation is 1. The number of hydrogen-bond acceptors (Lipinski definition) is 5. The number of benzene rings is 1. The number of ether oxygens (including phenoxy) is 3. The van der Waals surface area contributed by atoms with Gasteiger partial charge in [-0.3, -0.25) is 4.79 Å². The second-order valence-electron chi connectivity index (χ2n) is 7.38. The molecule has 2 aromatic rings. The van der Waals surface area contributed by atoms with Gasteiger partial charge in [-0.15, -0.1) is 0 Å². The van der Waals surface area contributed by atoms with Gasteiger partial charge >= 0.3 is 0 Å². The van der Waals surface area contributed by atoms with E-state index >= 15 is 0 Å². The van der Waals surface area contributed by atoms with Gasteiger partial charge in [0.05, 0.1) is 25.5 Å². The summed E-state index contributed by atoms with van der Waals surface area (Å²) in [5.74, 6) is 1.45. The Labute approximate surface area is 165 Å². The Morgan fingerprint density at radius 3 is 2.86 bits per heavy atom. The highest BCUT2D eigenvalue weighted by Gasteiger charge is 2.24. The van der Waals surface area contributed by atoms with Crippen molar-refractivity contribution in [2.24, 2.45) is 0 Å². The van der Waals surface area contributed by atoms with Crippen LogP contribution in [-0.4, -0.2) is 37.5 Å². The van der Waals surface area contributed by atoms with Gasteiger partial charge in [-0.25, -0.2) is 0 Å². The van der Waals surface area contributed by atoms with Crippen LogP contribution >= 0.6 is 0 Å². The van der Waals surface area contributed by atoms with Crippen molar-refractivity contribution in [1.82, 2.24) is 4.57 Å². The molecule has 0 radical (unpaired) electrons. The van der Waals surface area contributed by atoms with E-state index in [0.717, 1.165) is 60.7 Å². The number of hydrogen-bond donors (Lipinski definition) is 1. The van der Waals surface area contributed by atoms with Crippen LogP contribution in [0.4, 0.5) is 5.69 Å². The van der Waals surface area contributed by atoms with Crippen molar-refractivity contribution < 1.29 is 14.2 Å². The molecule has 150 valence electrons. The van der Waals surface area contributed by atoms with E-state index in [-0.39, 0.29) is 11.7 Å². The van der Waals surface area contributed by atoms with Crippen LogP contribution in [0.1, 0.15) is 30.9 Å². The van der Waals surface area contributed by atoms with Gasteiger partial charge < -0.3 is 24.1 Å². The number of nitrogens with zero attached hydrogens (tertiary/aromatic N) is 1. The summed E-state index contributed by atoms with van der Waals surface area (Å²) < 4.78 is 18.9. The fourth-order valence-electron chi connectivity index (χ4n) is 4.22. The predicted molar refractivity (Wildman–Crippen MR) is 110 cm³/mol. The largest absolute Gasteiger partial charge is 0.493 e. The van der Waals surface area contributed by atoms with Crippen LogP contribution in [-0.2, 0) is 17.7 Å². The summed E-state index contributed by atoms with van der Waals surface area (Å²) in [7, 11) is 1.65. The first-order valence-corrected chi connectivity index (χ1v) is 10.1. The van der Waals surface area contributed by atoms with Crippen molar-refractivity contribution in [1.29, 1.82) is 0 Å². The molecule has 0 amide bonds.